The zero-order valence-corrected chi connectivity index (χ0v) is 20.1. The first-order valence-corrected chi connectivity index (χ1v) is 10.9. The molecule has 0 aromatic carbocycles. The third-order valence-electron chi connectivity index (χ3n) is 5.28. The average molecular weight is 471 g/mol. The Morgan fingerprint density at radius 1 is 0.818 bits per heavy atom. The van der Waals surface area contributed by atoms with E-state index in [0.29, 0.717) is 32.1 Å². The summed E-state index contributed by atoms with van der Waals surface area (Å²) in [5.74, 6) is -6.03. The number of rotatable bonds is 16. The maximum atomic E-state index is 12.4. The highest BCUT2D eigenvalue weighted by Gasteiger charge is 2.51. The summed E-state index contributed by atoms with van der Waals surface area (Å²) in [4.78, 5) is 37.0. The lowest BCUT2D eigenvalue weighted by atomic mass is 9.72. The van der Waals surface area contributed by atoms with Crippen LogP contribution in [0.1, 0.15) is 66.2 Å². The van der Waals surface area contributed by atoms with Crippen molar-refractivity contribution in [1.82, 2.24) is 0 Å². The van der Waals surface area contributed by atoms with Gasteiger partial charge in [-0.2, -0.15) is 0 Å². The molecule has 0 aromatic rings. The van der Waals surface area contributed by atoms with Gasteiger partial charge < -0.3 is 29.5 Å². The van der Waals surface area contributed by atoms with Crippen LogP contribution in [-0.4, -0.2) is 58.5 Å². The third-order valence-corrected chi connectivity index (χ3v) is 5.28. The Morgan fingerprint density at radius 3 is 1.52 bits per heavy atom. The molecule has 33 heavy (non-hydrogen) atoms. The normalized spacial score (nSPS) is 12.5. The van der Waals surface area contributed by atoms with Crippen LogP contribution in [0.4, 0.5) is 0 Å². The van der Waals surface area contributed by atoms with Crippen molar-refractivity contribution in [1.29, 1.82) is 0 Å². The van der Waals surface area contributed by atoms with Crippen LogP contribution in [0.15, 0.2) is 36.5 Å². The minimum Gasteiger partial charge on any atom is -0.448 e. The van der Waals surface area contributed by atoms with Gasteiger partial charge in [-0.3, -0.25) is 0 Å². The molecular weight excluding hydrogens is 432 g/mol. The standard InChI is InChI=1S/C24H38O9/c1-8-23(11-9-13-25,12-10-14-26)15-19(31-20(27)16(2)3)24(30,32-21(28)17(4)5)33-22(29)18(6)7/h19,25-26,30H,2,4,6,8-15H2,1,3,5,7H3. The van der Waals surface area contributed by atoms with Gasteiger partial charge in [0.2, 0.25) is 6.10 Å². The lowest BCUT2D eigenvalue weighted by molar-refractivity contribution is -0.362. The summed E-state index contributed by atoms with van der Waals surface area (Å²) in [6, 6.07) is 0. The van der Waals surface area contributed by atoms with Gasteiger partial charge in [-0.1, -0.05) is 33.1 Å². The first-order valence-electron chi connectivity index (χ1n) is 10.9. The molecule has 0 aromatic heterocycles. The highest BCUT2D eigenvalue weighted by molar-refractivity contribution is 5.89. The quantitative estimate of drug-likeness (QED) is 0.176. The molecule has 0 saturated carbocycles. The van der Waals surface area contributed by atoms with Gasteiger partial charge in [-0.25, -0.2) is 14.4 Å². The lowest BCUT2D eigenvalue weighted by Gasteiger charge is -2.40. The van der Waals surface area contributed by atoms with Crippen molar-refractivity contribution >= 4 is 17.9 Å². The highest BCUT2D eigenvalue weighted by Crippen LogP contribution is 2.42. The van der Waals surface area contributed by atoms with Crippen LogP contribution in [-0.2, 0) is 28.6 Å². The number of ether oxygens (including phenoxy) is 3. The van der Waals surface area contributed by atoms with E-state index in [1.807, 2.05) is 6.92 Å². The Morgan fingerprint density at radius 2 is 1.21 bits per heavy atom. The van der Waals surface area contributed by atoms with Crippen molar-refractivity contribution in [3.63, 3.8) is 0 Å². The molecule has 0 saturated heterocycles. The zero-order valence-electron chi connectivity index (χ0n) is 20.1. The molecule has 0 heterocycles. The maximum absolute atomic E-state index is 12.4. The molecule has 0 radical (unpaired) electrons. The average Bonchev–Trinajstić information content (AvgIpc) is 2.74. The molecule has 3 N–H and O–H groups in total. The molecular formula is C24H38O9. The molecule has 0 amide bonds. The first kappa shape index (κ1) is 30.5. The molecule has 9 nitrogen and oxygen atoms in total. The largest absolute Gasteiger partial charge is 0.448 e. The molecule has 1 unspecified atom stereocenters. The van der Waals surface area contributed by atoms with E-state index < -0.39 is 35.4 Å². The van der Waals surface area contributed by atoms with Gasteiger partial charge in [0.15, 0.2) is 0 Å². The summed E-state index contributed by atoms with van der Waals surface area (Å²) >= 11 is 0. The summed E-state index contributed by atoms with van der Waals surface area (Å²) in [6.07, 6.45) is 0.441. The lowest BCUT2D eigenvalue weighted by Crippen LogP contribution is -2.54. The molecule has 0 bridgehead atoms. The van der Waals surface area contributed by atoms with Crippen molar-refractivity contribution in [2.45, 2.75) is 78.3 Å². The first-order chi connectivity index (χ1) is 15.3. The predicted molar refractivity (Wildman–Crippen MR) is 121 cm³/mol. The van der Waals surface area contributed by atoms with E-state index in [9.17, 15) is 29.7 Å². The number of hydrogen-bond acceptors (Lipinski definition) is 9. The van der Waals surface area contributed by atoms with Crippen LogP contribution >= 0.6 is 0 Å². The van der Waals surface area contributed by atoms with Gasteiger partial charge in [0.05, 0.1) is 0 Å². The van der Waals surface area contributed by atoms with E-state index in [4.69, 9.17) is 14.2 Å². The number of aliphatic hydroxyl groups is 3. The van der Waals surface area contributed by atoms with Crippen LogP contribution < -0.4 is 0 Å². The second-order valence-corrected chi connectivity index (χ2v) is 8.36. The van der Waals surface area contributed by atoms with Crippen LogP contribution in [0.25, 0.3) is 0 Å². The summed E-state index contributed by atoms with van der Waals surface area (Å²) in [7, 11) is 0. The van der Waals surface area contributed by atoms with Gasteiger partial charge in [-0.15, -0.1) is 0 Å². The summed E-state index contributed by atoms with van der Waals surface area (Å²) in [6.45, 7) is 16.1. The Balaban J connectivity index is 6.53. The molecule has 0 aliphatic rings. The Hall–Kier alpha value is -2.49. The van der Waals surface area contributed by atoms with E-state index in [-0.39, 0.29) is 36.4 Å². The second kappa shape index (κ2) is 13.9. The van der Waals surface area contributed by atoms with E-state index in [1.54, 1.807) is 0 Å². The minimum absolute atomic E-state index is 0.00706. The van der Waals surface area contributed by atoms with Gasteiger partial charge in [0.25, 0.3) is 0 Å². The van der Waals surface area contributed by atoms with E-state index >= 15 is 0 Å². The van der Waals surface area contributed by atoms with Crippen molar-refractivity contribution in [2.24, 2.45) is 5.41 Å². The maximum Gasteiger partial charge on any atom is 0.413 e. The van der Waals surface area contributed by atoms with E-state index in [0.717, 1.165) is 0 Å². The smallest absolute Gasteiger partial charge is 0.413 e. The summed E-state index contributed by atoms with van der Waals surface area (Å²) < 4.78 is 15.6. The van der Waals surface area contributed by atoms with Crippen LogP contribution in [0.3, 0.4) is 0 Å². The van der Waals surface area contributed by atoms with Crippen molar-refractivity contribution < 1.29 is 43.9 Å². The number of esters is 3. The fraction of sp³-hybridized carbons (Fsp3) is 0.625. The number of carbonyl (C=O) groups excluding carboxylic acids is 3. The van der Waals surface area contributed by atoms with Crippen molar-refractivity contribution in [3.05, 3.63) is 36.5 Å². The molecule has 0 aliphatic heterocycles. The fourth-order valence-corrected chi connectivity index (χ4v) is 3.20. The van der Waals surface area contributed by atoms with Gasteiger partial charge >= 0.3 is 23.9 Å². The topological polar surface area (TPSA) is 140 Å². The summed E-state index contributed by atoms with van der Waals surface area (Å²) in [5.41, 5.74) is -0.836. The van der Waals surface area contributed by atoms with E-state index in [1.165, 1.54) is 20.8 Å². The van der Waals surface area contributed by atoms with Gasteiger partial charge in [0, 0.05) is 36.4 Å². The predicted octanol–water partition coefficient (Wildman–Crippen LogP) is 2.69. The Kier molecular flexibility index (Phi) is 12.9. The molecule has 0 rings (SSSR count). The Labute approximate surface area is 195 Å². The molecule has 1 atom stereocenters. The molecule has 9 heteroatoms. The number of carbonyl (C=O) groups is 3. The fourth-order valence-electron chi connectivity index (χ4n) is 3.20. The SMILES string of the molecule is C=C(C)C(=O)OC(CC(CC)(CCCO)CCCO)C(O)(OC(=O)C(=C)C)OC(=O)C(=C)C. The third kappa shape index (κ3) is 9.89. The Bertz CT molecular complexity index is 702. The zero-order chi connectivity index (χ0) is 25.8. The van der Waals surface area contributed by atoms with Crippen molar-refractivity contribution in [2.75, 3.05) is 13.2 Å². The van der Waals surface area contributed by atoms with Crippen LogP contribution in [0.2, 0.25) is 0 Å². The molecule has 0 fully saturated rings. The number of hydrogen-bond donors (Lipinski definition) is 3. The monoisotopic (exact) mass is 470 g/mol. The van der Waals surface area contributed by atoms with E-state index in [2.05, 4.69) is 19.7 Å². The van der Waals surface area contributed by atoms with Crippen molar-refractivity contribution in [3.8, 4) is 0 Å². The molecule has 188 valence electrons. The van der Waals surface area contributed by atoms with Crippen LogP contribution in [0, 0.1) is 5.41 Å². The van der Waals surface area contributed by atoms with Gasteiger partial charge in [-0.05, 0) is 51.9 Å². The molecule has 0 aliphatic carbocycles. The van der Waals surface area contributed by atoms with Crippen LogP contribution in [0.5, 0.6) is 0 Å². The molecule has 0 spiro atoms. The summed E-state index contributed by atoms with van der Waals surface area (Å²) in [5, 5.41) is 30.0. The minimum atomic E-state index is -2.99. The van der Waals surface area contributed by atoms with Gasteiger partial charge in [0.1, 0.15) is 0 Å². The second-order valence-electron chi connectivity index (χ2n) is 8.36. The highest BCUT2D eigenvalue weighted by atomic mass is 16.9. The number of aliphatic hydroxyl groups excluding tert-OH is 2.